The van der Waals surface area contributed by atoms with Crippen LogP contribution in [0.3, 0.4) is 0 Å². The summed E-state index contributed by atoms with van der Waals surface area (Å²) in [5, 5.41) is 3.46. The minimum atomic E-state index is -0.255. The quantitative estimate of drug-likeness (QED) is 0.472. The normalized spacial score (nSPS) is 12.9. The fourth-order valence-corrected chi connectivity index (χ4v) is 1.73. The molecule has 1 atom stereocenters. The average Bonchev–Trinajstić information content (AvgIpc) is 2.31. The first-order valence-corrected chi connectivity index (χ1v) is 6.81. The summed E-state index contributed by atoms with van der Waals surface area (Å²) in [5.41, 5.74) is 0. The van der Waals surface area contributed by atoms with Crippen LogP contribution in [0.5, 0.6) is 0 Å². The van der Waals surface area contributed by atoms with E-state index in [1.54, 1.807) is 0 Å². The third-order valence-electron chi connectivity index (χ3n) is 2.61. The molecule has 0 aliphatic carbocycles. The van der Waals surface area contributed by atoms with Crippen LogP contribution in [0.1, 0.15) is 52.9 Å². The molecular weight excluding hydrogens is 214 g/mol. The van der Waals surface area contributed by atoms with E-state index < -0.39 is 0 Å². The summed E-state index contributed by atoms with van der Waals surface area (Å²) in [6, 6.07) is 0.576. The molecule has 0 aromatic heterocycles. The molecule has 0 rings (SSSR count). The predicted octanol–water partition coefficient (Wildman–Crippen LogP) is 3.05. The zero-order valence-electron chi connectivity index (χ0n) is 11.5. The van der Waals surface area contributed by atoms with E-state index in [4.69, 9.17) is 4.74 Å². The van der Waals surface area contributed by atoms with Crippen LogP contribution in [-0.4, -0.2) is 25.2 Å². The summed E-state index contributed by atoms with van der Waals surface area (Å²) in [6.45, 7) is 7.41. The zero-order valence-corrected chi connectivity index (χ0v) is 11.5. The third kappa shape index (κ3) is 10.1. The Balaban J connectivity index is 3.75. The van der Waals surface area contributed by atoms with Gasteiger partial charge in [-0.1, -0.05) is 39.2 Å². The van der Waals surface area contributed by atoms with Crippen molar-refractivity contribution in [3.63, 3.8) is 0 Å². The maximum Gasteiger partial charge on any atom is 0.330 e. The lowest BCUT2D eigenvalue weighted by Gasteiger charge is -2.16. The van der Waals surface area contributed by atoms with Crippen LogP contribution in [0.2, 0.25) is 0 Å². The van der Waals surface area contributed by atoms with E-state index in [1.807, 2.05) is 13.0 Å². The van der Waals surface area contributed by atoms with Crippen LogP contribution < -0.4 is 5.32 Å². The largest absolute Gasteiger partial charge is 0.463 e. The molecule has 3 nitrogen and oxygen atoms in total. The number of nitrogens with one attached hydrogen (secondary N) is 1. The Morgan fingerprint density at radius 2 is 2.00 bits per heavy atom. The van der Waals surface area contributed by atoms with Gasteiger partial charge < -0.3 is 10.1 Å². The van der Waals surface area contributed by atoms with Crippen LogP contribution in [0.15, 0.2) is 12.2 Å². The highest BCUT2D eigenvalue weighted by Crippen LogP contribution is 2.06. The van der Waals surface area contributed by atoms with Gasteiger partial charge >= 0.3 is 5.97 Å². The van der Waals surface area contributed by atoms with Crippen LogP contribution in [0.25, 0.3) is 0 Å². The van der Waals surface area contributed by atoms with Crippen LogP contribution in [-0.2, 0) is 9.53 Å². The van der Waals surface area contributed by atoms with Crippen LogP contribution in [0.4, 0.5) is 0 Å². The molecule has 17 heavy (non-hydrogen) atoms. The minimum Gasteiger partial charge on any atom is -0.463 e. The molecule has 0 spiro atoms. The Morgan fingerprint density at radius 3 is 2.59 bits per heavy atom. The number of rotatable bonds is 10. The molecule has 0 heterocycles. The minimum absolute atomic E-state index is 0.255. The van der Waals surface area contributed by atoms with Gasteiger partial charge in [0.2, 0.25) is 0 Å². The maximum absolute atomic E-state index is 11.0. The number of esters is 1. The summed E-state index contributed by atoms with van der Waals surface area (Å²) in [7, 11) is 0. The second-order valence-corrected chi connectivity index (χ2v) is 4.19. The monoisotopic (exact) mass is 241 g/mol. The van der Waals surface area contributed by atoms with Crippen molar-refractivity contribution in [2.75, 3.05) is 13.2 Å². The van der Waals surface area contributed by atoms with Crippen molar-refractivity contribution < 1.29 is 9.53 Å². The smallest absolute Gasteiger partial charge is 0.330 e. The Bertz CT molecular complexity index is 214. The van der Waals surface area contributed by atoms with Gasteiger partial charge in [-0.25, -0.2) is 4.79 Å². The third-order valence-corrected chi connectivity index (χ3v) is 2.61. The Labute approximate surface area is 106 Å². The first kappa shape index (κ1) is 16.2. The van der Waals surface area contributed by atoms with Crippen molar-refractivity contribution in [1.29, 1.82) is 0 Å². The van der Waals surface area contributed by atoms with Crippen LogP contribution in [0, 0.1) is 0 Å². The van der Waals surface area contributed by atoms with Crippen molar-refractivity contribution >= 4 is 5.97 Å². The number of unbranched alkanes of at least 4 members (excludes halogenated alkanes) is 1. The van der Waals surface area contributed by atoms with Gasteiger partial charge in [-0.3, -0.25) is 0 Å². The van der Waals surface area contributed by atoms with Gasteiger partial charge in [-0.15, -0.1) is 0 Å². The van der Waals surface area contributed by atoms with E-state index in [1.165, 1.54) is 38.2 Å². The first-order valence-electron chi connectivity index (χ1n) is 6.81. The molecule has 0 bridgehead atoms. The van der Waals surface area contributed by atoms with Crippen molar-refractivity contribution in [1.82, 2.24) is 5.32 Å². The Morgan fingerprint density at radius 1 is 1.24 bits per heavy atom. The highest BCUT2D eigenvalue weighted by atomic mass is 16.5. The fourth-order valence-electron chi connectivity index (χ4n) is 1.73. The molecule has 0 fully saturated rings. The van der Waals surface area contributed by atoms with Crippen LogP contribution >= 0.6 is 0 Å². The lowest BCUT2D eigenvalue weighted by atomic mass is 10.1. The van der Waals surface area contributed by atoms with E-state index in [0.29, 0.717) is 12.6 Å². The number of hydrogen-bond donors (Lipinski definition) is 1. The molecule has 0 radical (unpaired) electrons. The average molecular weight is 241 g/mol. The van der Waals surface area contributed by atoms with Gasteiger partial charge in [0.1, 0.15) is 0 Å². The second-order valence-electron chi connectivity index (χ2n) is 4.19. The number of carbonyl (C=O) groups excluding carboxylic acids is 1. The van der Waals surface area contributed by atoms with E-state index >= 15 is 0 Å². The summed E-state index contributed by atoms with van der Waals surface area (Å²) in [5.74, 6) is -0.255. The van der Waals surface area contributed by atoms with Crippen molar-refractivity contribution in [3.05, 3.63) is 12.2 Å². The molecule has 0 aromatic rings. The van der Waals surface area contributed by atoms with E-state index in [-0.39, 0.29) is 5.97 Å². The molecule has 0 saturated carbocycles. The molecule has 3 heteroatoms. The molecule has 1 unspecified atom stereocenters. The van der Waals surface area contributed by atoms with Gasteiger partial charge in [0, 0.05) is 18.7 Å². The Kier molecular flexibility index (Phi) is 11.1. The van der Waals surface area contributed by atoms with Gasteiger partial charge in [0.15, 0.2) is 0 Å². The molecule has 0 saturated heterocycles. The lowest BCUT2D eigenvalue weighted by Crippen LogP contribution is -2.29. The predicted molar refractivity (Wildman–Crippen MR) is 72.0 cm³/mol. The van der Waals surface area contributed by atoms with Gasteiger partial charge in [-0.05, 0) is 19.8 Å². The Hall–Kier alpha value is -0.830. The summed E-state index contributed by atoms with van der Waals surface area (Å²) < 4.78 is 4.81. The van der Waals surface area contributed by atoms with Crippen molar-refractivity contribution in [2.45, 2.75) is 58.9 Å². The maximum atomic E-state index is 11.0. The topological polar surface area (TPSA) is 38.3 Å². The van der Waals surface area contributed by atoms with Crippen molar-refractivity contribution in [2.24, 2.45) is 0 Å². The molecule has 0 amide bonds. The molecule has 0 aliphatic rings. The molecule has 1 N–H and O–H groups in total. The summed E-state index contributed by atoms with van der Waals surface area (Å²) in [6.07, 6.45) is 9.46. The summed E-state index contributed by atoms with van der Waals surface area (Å²) in [4.78, 5) is 11.0. The van der Waals surface area contributed by atoms with E-state index in [0.717, 1.165) is 6.54 Å². The lowest BCUT2D eigenvalue weighted by molar-refractivity contribution is -0.137. The first-order chi connectivity index (χ1) is 8.24. The highest BCUT2D eigenvalue weighted by molar-refractivity contribution is 5.81. The van der Waals surface area contributed by atoms with Crippen molar-refractivity contribution in [3.8, 4) is 0 Å². The number of carbonyl (C=O) groups is 1. The molecule has 0 aliphatic heterocycles. The molecule has 0 aromatic carbocycles. The zero-order chi connectivity index (χ0) is 12.9. The molecule has 100 valence electrons. The van der Waals surface area contributed by atoms with E-state index in [9.17, 15) is 4.79 Å². The van der Waals surface area contributed by atoms with Gasteiger partial charge in [-0.2, -0.15) is 0 Å². The number of hydrogen-bond acceptors (Lipinski definition) is 3. The highest BCUT2D eigenvalue weighted by Gasteiger charge is 2.04. The summed E-state index contributed by atoms with van der Waals surface area (Å²) >= 11 is 0. The number of ether oxygens (including phenoxy) is 1. The van der Waals surface area contributed by atoms with E-state index in [2.05, 4.69) is 19.2 Å². The van der Waals surface area contributed by atoms with Gasteiger partial charge in [0.25, 0.3) is 0 Å². The SMILES string of the molecule is CCCCC(CCC)NC/C=C/C(=O)OCC. The van der Waals surface area contributed by atoms with Gasteiger partial charge in [0.05, 0.1) is 6.61 Å². The molecular formula is C14H27NO2. The second kappa shape index (κ2) is 11.6. The standard InChI is InChI=1S/C14H27NO2/c1-4-7-10-13(9-5-2)15-12-8-11-14(16)17-6-3/h8,11,13,15H,4-7,9-10,12H2,1-3H3/b11-8+. The fraction of sp³-hybridized carbons (Fsp3) is 0.786.